The number of tetrazole rings is 1. The van der Waals surface area contributed by atoms with Gasteiger partial charge < -0.3 is 5.32 Å². The Hall–Kier alpha value is -1.80. The van der Waals surface area contributed by atoms with Gasteiger partial charge in [-0.15, -0.1) is 0 Å². The number of aryl methyl sites for hydroxylation is 1. The maximum Gasteiger partial charge on any atom is 0.321 e. The maximum absolute atomic E-state index is 13.0. The van der Waals surface area contributed by atoms with Gasteiger partial charge in [-0.1, -0.05) is 5.10 Å². The zero-order valence-corrected chi connectivity index (χ0v) is 12.0. The number of hydrogen-bond acceptors (Lipinski definition) is 4. The monoisotopic (exact) mass is 302 g/mol. The first-order valence-corrected chi connectivity index (χ1v) is 7.19. The number of aromatic nitrogens is 4. The molecular weight excluding hydrogens is 282 g/mol. The molecule has 0 aromatic carbocycles. The second kappa shape index (κ2) is 6.77. The normalized spacial score (nSPS) is 18.4. The number of nitrogens with one attached hydrogen (secondary N) is 2. The predicted octanol–water partition coefficient (Wildman–Crippen LogP) is 2.03. The van der Waals surface area contributed by atoms with Crippen molar-refractivity contribution >= 4 is 12.0 Å². The molecule has 21 heavy (non-hydrogen) atoms. The van der Waals surface area contributed by atoms with Crippen LogP contribution in [-0.4, -0.2) is 38.7 Å². The van der Waals surface area contributed by atoms with E-state index in [1.807, 2.05) is 6.92 Å². The van der Waals surface area contributed by atoms with Crippen molar-refractivity contribution in [3.63, 3.8) is 0 Å². The van der Waals surface area contributed by atoms with Crippen molar-refractivity contribution < 1.29 is 13.6 Å². The molecule has 1 aromatic rings. The van der Waals surface area contributed by atoms with E-state index >= 15 is 0 Å². The van der Waals surface area contributed by atoms with Crippen LogP contribution in [0, 0.1) is 5.92 Å². The highest BCUT2D eigenvalue weighted by Gasteiger charge is 2.34. The number of rotatable bonds is 5. The fraction of sp³-hybridized carbons (Fsp3) is 0.833. The molecule has 0 atom stereocenters. The smallest absolute Gasteiger partial charge is 0.321 e. The van der Waals surface area contributed by atoms with Crippen LogP contribution in [0.2, 0.25) is 0 Å². The van der Waals surface area contributed by atoms with Gasteiger partial charge in [-0.2, -0.15) is 0 Å². The lowest BCUT2D eigenvalue weighted by Gasteiger charge is -2.28. The van der Waals surface area contributed by atoms with E-state index in [4.69, 9.17) is 0 Å². The number of carbonyl (C=O) groups excluding carboxylic acids is 1. The Morgan fingerprint density at radius 1 is 1.43 bits per heavy atom. The van der Waals surface area contributed by atoms with E-state index in [1.54, 1.807) is 0 Å². The molecule has 1 fully saturated rings. The Morgan fingerprint density at radius 2 is 2.14 bits per heavy atom. The van der Waals surface area contributed by atoms with E-state index in [2.05, 4.69) is 26.2 Å². The molecule has 0 saturated heterocycles. The van der Waals surface area contributed by atoms with Crippen LogP contribution in [0.1, 0.15) is 39.0 Å². The minimum Gasteiger partial charge on any atom is -0.338 e. The largest absolute Gasteiger partial charge is 0.338 e. The second-order valence-electron chi connectivity index (χ2n) is 5.29. The zero-order chi connectivity index (χ0) is 15.3. The van der Waals surface area contributed by atoms with Crippen LogP contribution >= 0.6 is 0 Å². The molecule has 2 rings (SSSR count). The van der Waals surface area contributed by atoms with Gasteiger partial charge in [0, 0.05) is 25.9 Å². The van der Waals surface area contributed by atoms with E-state index < -0.39 is 5.92 Å². The summed E-state index contributed by atoms with van der Waals surface area (Å²) >= 11 is 0. The molecule has 9 heteroatoms. The van der Waals surface area contributed by atoms with Gasteiger partial charge in [-0.3, -0.25) is 5.32 Å². The molecule has 1 aliphatic rings. The lowest BCUT2D eigenvalue weighted by Crippen LogP contribution is -2.33. The predicted molar refractivity (Wildman–Crippen MR) is 72.0 cm³/mol. The average molecular weight is 302 g/mol. The van der Waals surface area contributed by atoms with E-state index in [-0.39, 0.29) is 30.7 Å². The molecule has 2 N–H and O–H groups in total. The number of alkyl halides is 2. The van der Waals surface area contributed by atoms with E-state index in [0.717, 1.165) is 0 Å². The molecule has 7 nitrogen and oxygen atoms in total. The van der Waals surface area contributed by atoms with Crippen molar-refractivity contribution in [1.29, 1.82) is 0 Å². The summed E-state index contributed by atoms with van der Waals surface area (Å²) in [4.78, 5) is 11.7. The first kappa shape index (κ1) is 15.6. The van der Waals surface area contributed by atoms with Crippen LogP contribution in [0.15, 0.2) is 0 Å². The molecule has 0 bridgehead atoms. The van der Waals surface area contributed by atoms with Crippen molar-refractivity contribution in [1.82, 2.24) is 25.5 Å². The minimum atomic E-state index is -2.50. The summed E-state index contributed by atoms with van der Waals surface area (Å²) in [5, 5.41) is 16.1. The van der Waals surface area contributed by atoms with Crippen molar-refractivity contribution in [3.8, 4) is 0 Å². The molecule has 0 unspecified atom stereocenters. The molecule has 1 aliphatic carbocycles. The molecule has 1 saturated carbocycles. The average Bonchev–Trinajstić information content (AvgIpc) is 2.88. The SMILES string of the molecule is CCn1nnnc1NC(=O)NCCC1CCC(F)(F)CC1. The molecule has 0 aliphatic heterocycles. The first-order valence-electron chi connectivity index (χ1n) is 7.19. The van der Waals surface area contributed by atoms with Crippen LogP contribution in [0.3, 0.4) is 0 Å². The fourth-order valence-electron chi connectivity index (χ4n) is 2.43. The highest BCUT2D eigenvalue weighted by molar-refractivity contribution is 5.87. The summed E-state index contributed by atoms with van der Waals surface area (Å²) in [6.07, 6.45) is 1.65. The van der Waals surface area contributed by atoms with Crippen molar-refractivity contribution in [2.45, 2.75) is 51.5 Å². The molecule has 0 spiro atoms. The van der Waals surface area contributed by atoms with Crippen LogP contribution in [0.25, 0.3) is 0 Å². The summed E-state index contributed by atoms with van der Waals surface area (Å²) in [5.41, 5.74) is 0. The van der Waals surface area contributed by atoms with Crippen LogP contribution in [0.4, 0.5) is 19.5 Å². The lowest BCUT2D eigenvalue weighted by molar-refractivity contribution is -0.0463. The van der Waals surface area contributed by atoms with E-state index in [9.17, 15) is 13.6 Å². The van der Waals surface area contributed by atoms with Gasteiger partial charge in [0.2, 0.25) is 5.92 Å². The van der Waals surface area contributed by atoms with Gasteiger partial charge in [-0.25, -0.2) is 18.3 Å². The summed E-state index contributed by atoms with van der Waals surface area (Å²) in [6.45, 7) is 2.87. The standard InChI is InChI=1S/C12H20F2N6O/c1-2-20-10(17-18-19-20)16-11(21)15-8-5-9-3-6-12(13,14)7-4-9/h9H,2-8H2,1H3,(H2,15,16,17,19,21). The number of nitrogens with zero attached hydrogens (tertiary/aromatic N) is 4. The second-order valence-corrected chi connectivity index (χ2v) is 5.29. The number of anilines is 1. The van der Waals surface area contributed by atoms with Gasteiger partial charge in [-0.05, 0) is 42.5 Å². The van der Waals surface area contributed by atoms with Gasteiger partial charge in [0.05, 0.1) is 0 Å². The molecule has 1 aromatic heterocycles. The quantitative estimate of drug-likeness (QED) is 0.871. The van der Waals surface area contributed by atoms with E-state index in [1.165, 1.54) is 4.68 Å². The van der Waals surface area contributed by atoms with Gasteiger partial charge >= 0.3 is 6.03 Å². The lowest BCUT2D eigenvalue weighted by atomic mass is 9.85. The number of hydrogen-bond donors (Lipinski definition) is 2. The Balaban J connectivity index is 1.66. The zero-order valence-electron chi connectivity index (χ0n) is 12.0. The third-order valence-corrected chi connectivity index (χ3v) is 3.73. The maximum atomic E-state index is 13.0. The summed E-state index contributed by atoms with van der Waals surface area (Å²) < 4.78 is 27.5. The number of urea groups is 1. The van der Waals surface area contributed by atoms with Crippen molar-refractivity contribution in [2.24, 2.45) is 5.92 Å². The van der Waals surface area contributed by atoms with Crippen LogP contribution < -0.4 is 10.6 Å². The Morgan fingerprint density at radius 3 is 2.81 bits per heavy atom. The van der Waals surface area contributed by atoms with Crippen molar-refractivity contribution in [2.75, 3.05) is 11.9 Å². The highest BCUT2D eigenvalue weighted by atomic mass is 19.3. The Bertz CT molecular complexity index is 468. The van der Waals surface area contributed by atoms with Crippen LogP contribution in [0.5, 0.6) is 0 Å². The highest BCUT2D eigenvalue weighted by Crippen LogP contribution is 2.37. The van der Waals surface area contributed by atoms with Gasteiger partial charge in [0.15, 0.2) is 0 Å². The molecular formula is C12H20F2N6O. The third-order valence-electron chi connectivity index (χ3n) is 3.73. The summed E-state index contributed by atoms with van der Waals surface area (Å²) in [5.74, 6) is -1.96. The Labute approximate surface area is 121 Å². The fourth-order valence-corrected chi connectivity index (χ4v) is 2.43. The molecule has 118 valence electrons. The topological polar surface area (TPSA) is 84.7 Å². The number of amides is 2. The minimum absolute atomic E-state index is 0.0465. The summed E-state index contributed by atoms with van der Waals surface area (Å²) in [6, 6.07) is -0.388. The first-order chi connectivity index (χ1) is 10.00. The van der Waals surface area contributed by atoms with E-state index in [0.29, 0.717) is 32.4 Å². The number of carbonyl (C=O) groups is 1. The molecule has 2 amide bonds. The Kier molecular flexibility index (Phi) is 5.03. The van der Waals surface area contributed by atoms with Crippen molar-refractivity contribution in [3.05, 3.63) is 0 Å². The third kappa shape index (κ3) is 4.61. The van der Waals surface area contributed by atoms with Gasteiger partial charge in [0.1, 0.15) is 0 Å². The molecule has 1 heterocycles. The van der Waals surface area contributed by atoms with Crippen LogP contribution in [-0.2, 0) is 6.54 Å². The molecule has 0 radical (unpaired) electrons. The van der Waals surface area contributed by atoms with Gasteiger partial charge in [0.25, 0.3) is 5.95 Å². The number of halogens is 2. The summed E-state index contributed by atoms with van der Waals surface area (Å²) in [7, 11) is 0.